The van der Waals surface area contributed by atoms with E-state index in [4.69, 9.17) is 11.6 Å². The van der Waals surface area contributed by atoms with Gasteiger partial charge in [0.1, 0.15) is 5.82 Å². The average molecular weight is 461 g/mol. The van der Waals surface area contributed by atoms with Gasteiger partial charge in [0.15, 0.2) is 0 Å². The number of amides is 2. The van der Waals surface area contributed by atoms with Crippen molar-refractivity contribution in [3.63, 3.8) is 0 Å². The molecule has 3 aromatic rings. The molecule has 0 saturated carbocycles. The molecule has 0 aliphatic heterocycles. The molecule has 2 N–H and O–H groups in total. The van der Waals surface area contributed by atoms with E-state index in [0.717, 1.165) is 18.6 Å². The van der Waals surface area contributed by atoms with Crippen LogP contribution < -0.4 is 10.6 Å². The number of urea groups is 1. The van der Waals surface area contributed by atoms with Gasteiger partial charge in [0.05, 0.1) is 16.8 Å². The first-order valence-electron chi connectivity index (χ1n) is 10.1. The van der Waals surface area contributed by atoms with Gasteiger partial charge in [-0.2, -0.15) is 8.78 Å². The molecule has 166 valence electrons. The molecule has 5 nitrogen and oxygen atoms in total. The topological polar surface area (TPSA) is 66.9 Å². The van der Waals surface area contributed by atoms with Crippen LogP contribution in [0.2, 0.25) is 5.02 Å². The zero-order chi connectivity index (χ0) is 22.8. The summed E-state index contributed by atoms with van der Waals surface area (Å²) >= 11 is 6.26. The largest absolute Gasteiger partial charge is 0.331 e. The summed E-state index contributed by atoms with van der Waals surface area (Å²) in [5.74, 6) is -1.75. The van der Waals surface area contributed by atoms with Gasteiger partial charge in [-0.05, 0) is 60.6 Å². The van der Waals surface area contributed by atoms with Gasteiger partial charge in [-0.25, -0.2) is 19.2 Å². The molecule has 0 spiro atoms. The molecule has 1 aromatic carbocycles. The van der Waals surface area contributed by atoms with Gasteiger partial charge >= 0.3 is 6.03 Å². The molecule has 9 heteroatoms. The Hall–Kier alpha value is -3.13. The number of halogens is 4. The summed E-state index contributed by atoms with van der Waals surface area (Å²) in [6, 6.07) is 5.63. The molecule has 0 saturated heterocycles. The Labute approximate surface area is 188 Å². The number of carbonyl (C=O) groups is 1. The van der Waals surface area contributed by atoms with Crippen LogP contribution in [-0.4, -0.2) is 16.0 Å². The Bertz CT molecular complexity index is 1170. The van der Waals surface area contributed by atoms with Crippen LogP contribution in [0.25, 0.3) is 11.1 Å². The minimum atomic E-state index is -0.734. The van der Waals surface area contributed by atoms with Crippen LogP contribution in [0.4, 0.5) is 23.7 Å². The number of benzene rings is 1. The highest BCUT2D eigenvalue weighted by Gasteiger charge is 2.26. The van der Waals surface area contributed by atoms with E-state index in [1.807, 2.05) is 6.92 Å². The smallest absolute Gasteiger partial charge is 0.319 e. The van der Waals surface area contributed by atoms with Crippen molar-refractivity contribution in [1.29, 1.82) is 0 Å². The number of anilines is 1. The molecule has 2 aromatic heterocycles. The van der Waals surface area contributed by atoms with Crippen LogP contribution in [0.5, 0.6) is 0 Å². The van der Waals surface area contributed by atoms with Crippen molar-refractivity contribution in [2.45, 2.75) is 32.2 Å². The van der Waals surface area contributed by atoms with Crippen molar-refractivity contribution in [1.82, 2.24) is 15.3 Å². The lowest BCUT2D eigenvalue weighted by atomic mass is 9.99. The van der Waals surface area contributed by atoms with Crippen molar-refractivity contribution in [2.75, 3.05) is 5.32 Å². The predicted octanol–water partition coefficient (Wildman–Crippen LogP) is 6.05. The number of nitrogens with zero attached hydrogens (tertiary/aromatic N) is 2. The summed E-state index contributed by atoms with van der Waals surface area (Å²) in [6.07, 6.45) is 4.56. The van der Waals surface area contributed by atoms with Gasteiger partial charge in [-0.15, -0.1) is 0 Å². The number of aromatic nitrogens is 2. The number of nitrogens with one attached hydrogen (secondary N) is 2. The van der Waals surface area contributed by atoms with Crippen LogP contribution in [0.1, 0.15) is 36.9 Å². The van der Waals surface area contributed by atoms with E-state index < -0.39 is 29.8 Å². The average Bonchev–Trinajstić information content (AvgIpc) is 2.90. The van der Waals surface area contributed by atoms with E-state index >= 15 is 0 Å². The number of hydrogen-bond acceptors (Lipinski definition) is 3. The number of hydrogen-bond donors (Lipinski definition) is 2. The van der Waals surface area contributed by atoms with Gasteiger partial charge in [-0.1, -0.05) is 18.5 Å². The fourth-order valence-electron chi connectivity index (χ4n) is 3.97. The van der Waals surface area contributed by atoms with Crippen LogP contribution in [0.15, 0.2) is 42.7 Å². The van der Waals surface area contributed by atoms with Crippen molar-refractivity contribution < 1.29 is 18.0 Å². The Morgan fingerprint density at radius 3 is 2.66 bits per heavy atom. The summed E-state index contributed by atoms with van der Waals surface area (Å²) < 4.78 is 42.3. The van der Waals surface area contributed by atoms with E-state index in [2.05, 4.69) is 20.6 Å². The van der Waals surface area contributed by atoms with Crippen molar-refractivity contribution in [2.24, 2.45) is 5.92 Å². The fraction of sp³-hybridized carbons (Fsp3) is 0.261. The lowest BCUT2D eigenvalue weighted by molar-refractivity contribution is 0.247. The molecule has 2 atom stereocenters. The van der Waals surface area contributed by atoms with Gasteiger partial charge in [0, 0.05) is 29.6 Å². The number of rotatable bonds is 3. The maximum atomic E-state index is 14.7. The highest BCUT2D eigenvalue weighted by atomic mass is 35.5. The second-order valence-electron chi connectivity index (χ2n) is 7.89. The molecule has 1 aliphatic carbocycles. The summed E-state index contributed by atoms with van der Waals surface area (Å²) in [5, 5.41) is 5.39. The summed E-state index contributed by atoms with van der Waals surface area (Å²) in [6.45, 7) is 2.02. The summed E-state index contributed by atoms with van der Waals surface area (Å²) in [7, 11) is 0. The zero-order valence-corrected chi connectivity index (χ0v) is 17.9. The first-order chi connectivity index (χ1) is 15.3. The maximum Gasteiger partial charge on any atom is 0.319 e. The summed E-state index contributed by atoms with van der Waals surface area (Å²) in [4.78, 5) is 19.8. The van der Waals surface area contributed by atoms with Crippen LogP contribution in [0.3, 0.4) is 0 Å². The highest BCUT2D eigenvalue weighted by Crippen LogP contribution is 2.34. The Balaban J connectivity index is 1.54. The van der Waals surface area contributed by atoms with Crippen LogP contribution in [-0.2, 0) is 6.42 Å². The lowest BCUT2D eigenvalue weighted by Gasteiger charge is -2.20. The van der Waals surface area contributed by atoms with E-state index in [1.165, 1.54) is 24.5 Å². The Morgan fingerprint density at radius 2 is 1.88 bits per heavy atom. The van der Waals surface area contributed by atoms with Crippen molar-refractivity contribution in [3.8, 4) is 11.1 Å². The molecule has 0 unspecified atom stereocenters. The third kappa shape index (κ3) is 4.70. The first-order valence-corrected chi connectivity index (χ1v) is 10.5. The van der Waals surface area contributed by atoms with Crippen molar-refractivity contribution >= 4 is 23.3 Å². The van der Waals surface area contributed by atoms with Gasteiger partial charge < -0.3 is 10.6 Å². The van der Waals surface area contributed by atoms with Crippen LogP contribution in [0, 0.1) is 23.6 Å². The second kappa shape index (κ2) is 9.16. The SMILES string of the molecule is C[C@H]1CC[C@@H](NC(=O)Nc2cc(Cl)c(-c3ccnc(F)c3)cc2F)c2ccnc(F)c2C1. The molecule has 2 amide bonds. The normalized spacial score (nSPS) is 17.9. The molecule has 0 fully saturated rings. The van der Waals surface area contributed by atoms with E-state index in [9.17, 15) is 18.0 Å². The molecule has 0 radical (unpaired) electrons. The van der Waals surface area contributed by atoms with Gasteiger partial charge in [0.25, 0.3) is 0 Å². The van der Waals surface area contributed by atoms with E-state index in [1.54, 1.807) is 6.07 Å². The quantitative estimate of drug-likeness (QED) is 0.369. The molecular formula is C23H20ClF3N4O. The zero-order valence-electron chi connectivity index (χ0n) is 17.1. The molecule has 32 heavy (non-hydrogen) atoms. The van der Waals surface area contributed by atoms with Crippen LogP contribution >= 0.6 is 11.6 Å². The highest BCUT2D eigenvalue weighted by molar-refractivity contribution is 6.33. The predicted molar refractivity (Wildman–Crippen MR) is 116 cm³/mol. The molecule has 4 rings (SSSR count). The summed E-state index contributed by atoms with van der Waals surface area (Å²) in [5.41, 5.74) is 1.66. The third-order valence-corrected chi connectivity index (χ3v) is 5.88. The Morgan fingerprint density at radius 1 is 1.09 bits per heavy atom. The van der Waals surface area contributed by atoms with Crippen molar-refractivity contribution in [3.05, 3.63) is 76.6 Å². The Kier molecular flexibility index (Phi) is 6.32. The lowest BCUT2D eigenvalue weighted by Crippen LogP contribution is -2.33. The van der Waals surface area contributed by atoms with Gasteiger partial charge in [0.2, 0.25) is 11.9 Å². The number of pyridine rings is 2. The second-order valence-corrected chi connectivity index (χ2v) is 8.29. The molecule has 2 heterocycles. The molecule has 0 bridgehead atoms. The maximum absolute atomic E-state index is 14.7. The standard InChI is InChI=1S/C23H20ClF3N4O/c1-12-2-3-19(14-5-7-29-22(27)16(14)8-12)30-23(32)31-20-11-17(24)15(10-18(20)25)13-4-6-28-21(26)9-13/h4-7,9-12,19H,2-3,8H2,1H3,(H2,30,31,32)/t12-,19+/m0/s1. The monoisotopic (exact) mass is 460 g/mol. The van der Waals surface area contributed by atoms with E-state index in [0.29, 0.717) is 29.5 Å². The number of fused-ring (bicyclic) bond motifs is 1. The minimum Gasteiger partial charge on any atom is -0.331 e. The fourth-order valence-corrected chi connectivity index (χ4v) is 4.24. The molecular weight excluding hydrogens is 441 g/mol. The first kappa shape index (κ1) is 22.1. The third-order valence-electron chi connectivity index (χ3n) is 5.56. The van der Waals surface area contributed by atoms with Gasteiger partial charge in [-0.3, -0.25) is 0 Å². The van der Waals surface area contributed by atoms with E-state index in [-0.39, 0.29) is 22.2 Å². The minimum absolute atomic E-state index is 0.131. The molecule has 1 aliphatic rings. The number of carbonyl (C=O) groups excluding carboxylic acids is 1.